The van der Waals surface area contributed by atoms with Gasteiger partial charge in [0.2, 0.25) is 0 Å². The van der Waals surface area contributed by atoms with Crippen LogP contribution < -0.4 is 0 Å². The monoisotopic (exact) mass is 210 g/mol. The van der Waals surface area contributed by atoms with E-state index in [1.54, 1.807) is 12.1 Å². The van der Waals surface area contributed by atoms with Gasteiger partial charge in [-0.15, -0.1) is 0 Å². The molecular formula is C13H19FO. The Morgan fingerprint density at radius 2 is 1.87 bits per heavy atom. The molecule has 2 heteroatoms. The Labute approximate surface area is 90.9 Å². The van der Waals surface area contributed by atoms with E-state index in [0.717, 1.165) is 0 Å². The molecule has 0 spiro atoms. The number of hydrogen-bond acceptors (Lipinski definition) is 1. The zero-order chi connectivity index (χ0) is 11.5. The van der Waals surface area contributed by atoms with E-state index in [1.807, 2.05) is 6.07 Å². The highest BCUT2D eigenvalue weighted by Gasteiger charge is 2.24. The van der Waals surface area contributed by atoms with Gasteiger partial charge < -0.3 is 5.11 Å². The van der Waals surface area contributed by atoms with Gasteiger partial charge in [-0.2, -0.15) is 0 Å². The van der Waals surface area contributed by atoms with Crippen LogP contribution in [0.5, 0.6) is 0 Å². The standard InChI is InChI=1S/C13H19FO/c1-13(2,3)11(9-15)8-10-6-4-5-7-12(10)14/h4-7,11,15H,8-9H2,1-3H3. The Hall–Kier alpha value is -0.890. The molecule has 0 aliphatic carbocycles. The lowest BCUT2D eigenvalue weighted by atomic mass is 9.78. The fourth-order valence-corrected chi connectivity index (χ4v) is 1.57. The van der Waals surface area contributed by atoms with Gasteiger partial charge in [-0.25, -0.2) is 4.39 Å². The van der Waals surface area contributed by atoms with Gasteiger partial charge in [0.15, 0.2) is 0 Å². The maximum absolute atomic E-state index is 13.4. The molecule has 1 aromatic carbocycles. The first kappa shape index (κ1) is 12.2. The van der Waals surface area contributed by atoms with E-state index < -0.39 is 0 Å². The second-order valence-electron chi connectivity index (χ2n) is 5.04. The summed E-state index contributed by atoms with van der Waals surface area (Å²) >= 11 is 0. The third-order valence-corrected chi connectivity index (χ3v) is 2.87. The van der Waals surface area contributed by atoms with Crippen LogP contribution in [0.2, 0.25) is 0 Å². The molecule has 1 atom stereocenters. The quantitative estimate of drug-likeness (QED) is 0.813. The second-order valence-corrected chi connectivity index (χ2v) is 5.04. The maximum atomic E-state index is 13.4. The molecule has 0 saturated carbocycles. The predicted molar refractivity (Wildman–Crippen MR) is 60.1 cm³/mol. The van der Waals surface area contributed by atoms with Gasteiger partial charge in [-0.3, -0.25) is 0 Å². The molecule has 84 valence electrons. The first-order chi connectivity index (χ1) is 6.95. The van der Waals surface area contributed by atoms with E-state index in [-0.39, 0.29) is 23.8 Å². The number of aliphatic hydroxyl groups excluding tert-OH is 1. The van der Waals surface area contributed by atoms with E-state index >= 15 is 0 Å². The molecule has 0 aliphatic rings. The highest BCUT2D eigenvalue weighted by atomic mass is 19.1. The summed E-state index contributed by atoms with van der Waals surface area (Å²) in [7, 11) is 0. The van der Waals surface area contributed by atoms with Gasteiger partial charge in [0.25, 0.3) is 0 Å². The van der Waals surface area contributed by atoms with Gasteiger partial charge in [0.05, 0.1) is 0 Å². The lowest BCUT2D eigenvalue weighted by Crippen LogP contribution is -2.26. The Balaban J connectivity index is 2.80. The molecule has 0 heterocycles. The normalized spacial score (nSPS) is 13.9. The highest BCUT2D eigenvalue weighted by Crippen LogP contribution is 2.29. The summed E-state index contributed by atoms with van der Waals surface area (Å²) < 4.78 is 13.4. The molecule has 0 amide bonds. The van der Waals surface area contributed by atoms with Crippen molar-refractivity contribution < 1.29 is 9.50 Å². The van der Waals surface area contributed by atoms with Crippen LogP contribution in [0, 0.1) is 17.2 Å². The molecule has 0 saturated heterocycles. The van der Waals surface area contributed by atoms with Gasteiger partial charge in [-0.1, -0.05) is 39.0 Å². The molecule has 15 heavy (non-hydrogen) atoms. The number of aliphatic hydroxyl groups is 1. The molecule has 1 aromatic rings. The lowest BCUT2D eigenvalue weighted by molar-refractivity contribution is 0.130. The zero-order valence-corrected chi connectivity index (χ0v) is 9.63. The smallest absolute Gasteiger partial charge is 0.126 e. The molecule has 1 unspecified atom stereocenters. The van der Waals surface area contributed by atoms with Crippen molar-refractivity contribution in [1.82, 2.24) is 0 Å². The fourth-order valence-electron chi connectivity index (χ4n) is 1.57. The summed E-state index contributed by atoms with van der Waals surface area (Å²) in [4.78, 5) is 0. The SMILES string of the molecule is CC(C)(C)C(CO)Cc1ccccc1F. The molecule has 0 radical (unpaired) electrons. The largest absolute Gasteiger partial charge is 0.396 e. The summed E-state index contributed by atoms with van der Waals surface area (Å²) in [5.74, 6) is -0.0883. The summed E-state index contributed by atoms with van der Waals surface area (Å²) in [6.07, 6.45) is 0.590. The number of halogens is 1. The van der Waals surface area contributed by atoms with Crippen LogP contribution in [0.1, 0.15) is 26.3 Å². The van der Waals surface area contributed by atoms with Crippen LogP contribution in [0.15, 0.2) is 24.3 Å². The molecule has 0 aliphatic heterocycles. The zero-order valence-electron chi connectivity index (χ0n) is 9.63. The van der Waals surface area contributed by atoms with Gasteiger partial charge in [0.1, 0.15) is 5.82 Å². The van der Waals surface area contributed by atoms with Crippen molar-refractivity contribution in [2.24, 2.45) is 11.3 Å². The number of rotatable bonds is 3. The fraction of sp³-hybridized carbons (Fsp3) is 0.538. The van der Waals surface area contributed by atoms with Gasteiger partial charge in [-0.05, 0) is 29.4 Å². The van der Waals surface area contributed by atoms with Gasteiger partial charge in [0, 0.05) is 6.61 Å². The number of hydrogen-bond donors (Lipinski definition) is 1. The highest BCUT2D eigenvalue weighted by molar-refractivity contribution is 5.18. The topological polar surface area (TPSA) is 20.2 Å². The molecule has 1 rings (SSSR count). The predicted octanol–water partition coefficient (Wildman–Crippen LogP) is 3.02. The molecular weight excluding hydrogens is 191 g/mol. The van der Waals surface area contributed by atoms with Crippen LogP contribution in [-0.2, 0) is 6.42 Å². The molecule has 0 fully saturated rings. The summed E-state index contributed by atoms with van der Waals surface area (Å²) in [6.45, 7) is 6.29. The maximum Gasteiger partial charge on any atom is 0.126 e. The molecule has 1 nitrogen and oxygen atoms in total. The van der Waals surface area contributed by atoms with Crippen molar-refractivity contribution in [3.63, 3.8) is 0 Å². The minimum absolute atomic E-state index is 0.00295. The molecule has 0 aromatic heterocycles. The van der Waals surface area contributed by atoms with Crippen LogP contribution in [0.4, 0.5) is 4.39 Å². The first-order valence-electron chi connectivity index (χ1n) is 5.29. The van der Waals surface area contributed by atoms with E-state index in [4.69, 9.17) is 0 Å². The van der Waals surface area contributed by atoms with E-state index in [0.29, 0.717) is 12.0 Å². The Morgan fingerprint density at radius 1 is 1.27 bits per heavy atom. The van der Waals surface area contributed by atoms with Crippen molar-refractivity contribution >= 4 is 0 Å². The van der Waals surface area contributed by atoms with Crippen molar-refractivity contribution in [2.75, 3.05) is 6.61 Å². The summed E-state index contributed by atoms with van der Waals surface area (Å²) in [5.41, 5.74) is 0.684. The Morgan fingerprint density at radius 3 is 2.33 bits per heavy atom. The van der Waals surface area contributed by atoms with Crippen LogP contribution in [0.3, 0.4) is 0 Å². The van der Waals surface area contributed by atoms with Crippen molar-refractivity contribution in [3.05, 3.63) is 35.6 Å². The van der Waals surface area contributed by atoms with Crippen LogP contribution >= 0.6 is 0 Å². The first-order valence-corrected chi connectivity index (χ1v) is 5.29. The van der Waals surface area contributed by atoms with Gasteiger partial charge >= 0.3 is 0 Å². The third-order valence-electron chi connectivity index (χ3n) is 2.87. The third kappa shape index (κ3) is 3.31. The minimum Gasteiger partial charge on any atom is -0.396 e. The average molecular weight is 210 g/mol. The van der Waals surface area contributed by atoms with E-state index in [2.05, 4.69) is 20.8 Å². The Kier molecular flexibility index (Phi) is 3.86. The molecule has 1 N–H and O–H groups in total. The molecule has 0 bridgehead atoms. The number of benzene rings is 1. The lowest BCUT2D eigenvalue weighted by Gasteiger charge is -2.29. The van der Waals surface area contributed by atoms with Crippen LogP contribution in [0.25, 0.3) is 0 Å². The van der Waals surface area contributed by atoms with Crippen molar-refractivity contribution in [2.45, 2.75) is 27.2 Å². The summed E-state index contributed by atoms with van der Waals surface area (Å²) in [6, 6.07) is 6.76. The van der Waals surface area contributed by atoms with Crippen molar-refractivity contribution in [1.29, 1.82) is 0 Å². The van der Waals surface area contributed by atoms with E-state index in [1.165, 1.54) is 6.07 Å². The van der Waals surface area contributed by atoms with E-state index in [9.17, 15) is 9.50 Å². The second kappa shape index (κ2) is 4.75. The summed E-state index contributed by atoms with van der Waals surface area (Å²) in [5, 5.41) is 9.29. The Bertz CT molecular complexity index is 315. The van der Waals surface area contributed by atoms with Crippen molar-refractivity contribution in [3.8, 4) is 0 Å². The minimum atomic E-state index is -0.180. The van der Waals surface area contributed by atoms with Crippen LogP contribution in [-0.4, -0.2) is 11.7 Å². The average Bonchev–Trinajstić information content (AvgIpc) is 2.14.